The third-order valence-electron chi connectivity index (χ3n) is 4.35. The summed E-state index contributed by atoms with van der Waals surface area (Å²) in [4.78, 5) is 9.12. The number of anilines is 1. The third-order valence-corrected chi connectivity index (χ3v) is 5.07. The highest BCUT2D eigenvalue weighted by atomic mass is 32.1. The minimum Gasteiger partial charge on any atom is -0.329 e. The summed E-state index contributed by atoms with van der Waals surface area (Å²) < 4.78 is 6.41. The molecule has 2 aliphatic heterocycles. The summed E-state index contributed by atoms with van der Waals surface area (Å²) >= 11 is 1.46. The molecule has 1 atom stereocenters. The molecule has 128 valence electrons. The molecular weight excluding hydrogens is 332 g/mol. The van der Waals surface area contributed by atoms with Gasteiger partial charge >= 0.3 is 0 Å². The van der Waals surface area contributed by atoms with Crippen LogP contribution >= 0.6 is 11.5 Å². The van der Waals surface area contributed by atoms with Gasteiger partial charge in [0.15, 0.2) is 5.84 Å². The zero-order chi connectivity index (χ0) is 17.4. The summed E-state index contributed by atoms with van der Waals surface area (Å²) in [7, 11) is 0. The smallest absolute Gasteiger partial charge is 0.153 e. The minimum absolute atomic E-state index is 0.118. The fraction of sp³-hybridized carbons (Fsp3) is 0.333. The van der Waals surface area contributed by atoms with E-state index in [0.29, 0.717) is 5.92 Å². The first-order valence-electron chi connectivity index (χ1n) is 8.44. The molecule has 0 saturated carbocycles. The van der Waals surface area contributed by atoms with Crippen molar-refractivity contribution in [1.82, 2.24) is 14.2 Å². The van der Waals surface area contributed by atoms with Crippen LogP contribution in [0.3, 0.4) is 0 Å². The van der Waals surface area contributed by atoms with Crippen LogP contribution in [0.5, 0.6) is 0 Å². The first kappa shape index (κ1) is 16.0. The van der Waals surface area contributed by atoms with Gasteiger partial charge in [0.2, 0.25) is 0 Å². The highest BCUT2D eigenvalue weighted by molar-refractivity contribution is 7.10. The van der Waals surface area contributed by atoms with Gasteiger partial charge in [0.05, 0.1) is 23.5 Å². The molecule has 0 bridgehead atoms. The summed E-state index contributed by atoms with van der Waals surface area (Å²) in [6.45, 7) is 7.23. The van der Waals surface area contributed by atoms with E-state index in [-0.39, 0.29) is 5.92 Å². The Hall–Kier alpha value is -2.54. The maximum absolute atomic E-state index is 4.63. The minimum atomic E-state index is 0.118. The zero-order valence-electron chi connectivity index (χ0n) is 14.5. The van der Waals surface area contributed by atoms with Crippen molar-refractivity contribution in [3.05, 3.63) is 48.2 Å². The molecule has 0 amide bonds. The van der Waals surface area contributed by atoms with Crippen LogP contribution in [0.15, 0.2) is 46.9 Å². The average Bonchev–Trinajstić information content (AvgIpc) is 3.33. The number of aromatic nitrogens is 3. The molecule has 0 radical (unpaired) electrons. The van der Waals surface area contributed by atoms with Crippen LogP contribution in [0.2, 0.25) is 0 Å². The van der Waals surface area contributed by atoms with Gasteiger partial charge in [-0.05, 0) is 36.0 Å². The Balaban J connectivity index is 1.53. The molecule has 0 fully saturated rings. The van der Waals surface area contributed by atoms with Crippen molar-refractivity contribution in [3.8, 4) is 0 Å². The number of hydrogen-bond donors (Lipinski definition) is 1. The summed E-state index contributed by atoms with van der Waals surface area (Å²) in [5.74, 6) is 1.33. The highest BCUT2D eigenvalue weighted by Gasteiger charge is 2.30. The van der Waals surface area contributed by atoms with Gasteiger partial charge in [0.1, 0.15) is 5.00 Å². The van der Waals surface area contributed by atoms with E-state index in [0.717, 1.165) is 39.9 Å². The molecule has 0 aromatic carbocycles. The molecule has 0 aliphatic carbocycles. The second-order valence-corrected chi connectivity index (χ2v) is 7.18. The van der Waals surface area contributed by atoms with Crippen LogP contribution in [0.4, 0.5) is 5.00 Å². The number of aliphatic imine (C=N–C) groups is 2. The maximum Gasteiger partial charge on any atom is 0.153 e. The van der Waals surface area contributed by atoms with E-state index in [1.165, 1.54) is 11.5 Å². The molecular formula is C18H20N6S. The highest BCUT2D eigenvalue weighted by Crippen LogP contribution is 2.33. The van der Waals surface area contributed by atoms with Crippen molar-refractivity contribution >= 4 is 33.7 Å². The van der Waals surface area contributed by atoms with Gasteiger partial charge in [-0.2, -0.15) is 9.47 Å². The lowest BCUT2D eigenvalue weighted by atomic mass is 9.91. The topological polar surface area (TPSA) is 67.5 Å². The molecule has 25 heavy (non-hydrogen) atoms. The predicted octanol–water partition coefficient (Wildman–Crippen LogP) is 3.93. The van der Waals surface area contributed by atoms with Gasteiger partial charge in [-0.1, -0.05) is 19.9 Å². The summed E-state index contributed by atoms with van der Waals surface area (Å²) in [6, 6.07) is 2.08. The van der Waals surface area contributed by atoms with E-state index < -0.39 is 0 Å². The number of amidine groups is 1. The van der Waals surface area contributed by atoms with Gasteiger partial charge in [-0.25, -0.2) is 4.99 Å². The Morgan fingerprint density at radius 1 is 1.32 bits per heavy atom. The number of aryl methyl sites for hydroxylation is 1. The molecule has 2 aliphatic rings. The molecule has 2 aromatic rings. The fourth-order valence-corrected chi connectivity index (χ4v) is 3.68. The van der Waals surface area contributed by atoms with Gasteiger partial charge < -0.3 is 5.32 Å². The number of allylic oxidation sites excluding steroid dienone is 2. The van der Waals surface area contributed by atoms with Crippen molar-refractivity contribution < 1.29 is 0 Å². The second-order valence-electron chi connectivity index (χ2n) is 6.38. The van der Waals surface area contributed by atoms with E-state index in [1.807, 2.05) is 23.3 Å². The first-order chi connectivity index (χ1) is 12.2. The zero-order valence-corrected chi connectivity index (χ0v) is 15.3. The molecule has 6 nitrogen and oxygen atoms in total. The summed E-state index contributed by atoms with van der Waals surface area (Å²) in [6.07, 6.45) is 9.82. The van der Waals surface area contributed by atoms with Crippen molar-refractivity contribution in [2.45, 2.75) is 33.2 Å². The summed E-state index contributed by atoms with van der Waals surface area (Å²) in [5, 5.41) is 8.75. The van der Waals surface area contributed by atoms with Crippen LogP contribution in [0.1, 0.15) is 37.9 Å². The van der Waals surface area contributed by atoms with Gasteiger partial charge in [-0.3, -0.25) is 9.67 Å². The predicted molar refractivity (Wildman–Crippen MR) is 103 cm³/mol. The second kappa shape index (κ2) is 6.40. The van der Waals surface area contributed by atoms with E-state index in [1.54, 1.807) is 0 Å². The lowest BCUT2D eigenvalue weighted by Gasteiger charge is -2.18. The molecule has 0 spiro atoms. The van der Waals surface area contributed by atoms with Crippen LogP contribution < -0.4 is 5.32 Å². The Labute approximate surface area is 150 Å². The number of fused-ring (bicyclic) bond motifs is 1. The monoisotopic (exact) mass is 352 g/mol. The quantitative estimate of drug-likeness (QED) is 0.906. The fourth-order valence-electron chi connectivity index (χ4n) is 2.89. The van der Waals surface area contributed by atoms with Crippen molar-refractivity contribution in [3.63, 3.8) is 0 Å². The van der Waals surface area contributed by atoms with E-state index in [2.05, 4.69) is 63.9 Å². The Kier molecular flexibility index (Phi) is 4.09. The lowest BCUT2D eigenvalue weighted by Crippen LogP contribution is -2.29. The number of rotatable bonds is 4. The largest absolute Gasteiger partial charge is 0.329 e. The van der Waals surface area contributed by atoms with Crippen molar-refractivity contribution in [1.29, 1.82) is 0 Å². The standard InChI is InChI=1S/C18H20N6S/c1-4-24-10-12(8-21-24)14-9-20-17-13(14)5-6-19-18(17)22-16-7-15(11(2)3)23-25-16/h5-11,13H,4H2,1-3H3,(H,19,22). The molecule has 7 heteroatoms. The number of hydrogen-bond acceptors (Lipinski definition) is 6. The van der Waals surface area contributed by atoms with Crippen LogP contribution in [-0.4, -0.2) is 25.7 Å². The molecule has 0 saturated heterocycles. The Bertz CT molecular complexity index is 912. The Morgan fingerprint density at radius 3 is 2.92 bits per heavy atom. The number of nitrogens with zero attached hydrogens (tertiary/aromatic N) is 5. The van der Waals surface area contributed by atoms with E-state index in [4.69, 9.17) is 0 Å². The van der Waals surface area contributed by atoms with Gasteiger partial charge in [-0.15, -0.1) is 0 Å². The normalized spacial score (nSPS) is 18.9. The maximum atomic E-state index is 4.63. The SMILES string of the molecule is CCn1cc(C2=CN=C3C(Nc4cc(C(C)C)ns4)=NC=CC23)cn1. The van der Waals surface area contributed by atoms with E-state index >= 15 is 0 Å². The Morgan fingerprint density at radius 2 is 2.20 bits per heavy atom. The van der Waals surface area contributed by atoms with Crippen LogP contribution in [0, 0.1) is 5.92 Å². The molecule has 1 unspecified atom stereocenters. The van der Waals surface area contributed by atoms with Crippen molar-refractivity contribution in [2.75, 3.05) is 5.32 Å². The molecule has 2 aromatic heterocycles. The third kappa shape index (κ3) is 2.95. The molecule has 4 heterocycles. The first-order valence-corrected chi connectivity index (χ1v) is 9.22. The van der Waals surface area contributed by atoms with Gasteiger partial charge in [0.25, 0.3) is 0 Å². The lowest BCUT2D eigenvalue weighted by molar-refractivity contribution is 0.659. The molecule has 1 N–H and O–H groups in total. The van der Waals surface area contributed by atoms with Crippen LogP contribution in [0.25, 0.3) is 5.57 Å². The van der Waals surface area contributed by atoms with Gasteiger partial charge in [0, 0.05) is 30.7 Å². The molecule has 4 rings (SSSR count). The summed E-state index contributed by atoms with van der Waals surface area (Å²) in [5.41, 5.74) is 4.31. The average molecular weight is 352 g/mol. The van der Waals surface area contributed by atoms with Crippen molar-refractivity contribution in [2.24, 2.45) is 15.9 Å². The van der Waals surface area contributed by atoms with Crippen LogP contribution in [-0.2, 0) is 6.54 Å². The number of nitrogens with one attached hydrogen (secondary N) is 1. The van der Waals surface area contributed by atoms with E-state index in [9.17, 15) is 0 Å².